The summed E-state index contributed by atoms with van der Waals surface area (Å²) in [5.41, 5.74) is 2.86. The third-order valence-electron chi connectivity index (χ3n) is 3.92. The fourth-order valence-corrected chi connectivity index (χ4v) is 2.64. The predicted octanol–water partition coefficient (Wildman–Crippen LogP) is 2.40. The van der Waals surface area contributed by atoms with E-state index in [2.05, 4.69) is 5.32 Å². The summed E-state index contributed by atoms with van der Waals surface area (Å²) < 4.78 is 0. The number of anilines is 1. The van der Waals surface area contributed by atoms with Gasteiger partial charge in [0.2, 0.25) is 5.91 Å². The molecule has 0 bridgehead atoms. The normalized spacial score (nSPS) is 20.6. The monoisotopic (exact) mass is 231 g/mol. The van der Waals surface area contributed by atoms with Crippen LogP contribution in [0.4, 0.5) is 5.69 Å². The molecule has 3 heteroatoms. The number of rotatable bonds is 3. The number of carbonyl (C=O) groups excluding carboxylic acids is 1. The quantitative estimate of drug-likeness (QED) is 0.839. The van der Waals surface area contributed by atoms with Gasteiger partial charge in [0.05, 0.1) is 12.5 Å². The van der Waals surface area contributed by atoms with Gasteiger partial charge in [0.1, 0.15) is 0 Å². The number of aliphatic hydroxyl groups is 1. The van der Waals surface area contributed by atoms with Gasteiger partial charge in [-0.3, -0.25) is 4.79 Å². The van der Waals surface area contributed by atoms with E-state index < -0.39 is 0 Å². The molecule has 2 aliphatic rings. The Morgan fingerprint density at radius 3 is 2.94 bits per heavy atom. The van der Waals surface area contributed by atoms with Gasteiger partial charge in [-0.2, -0.15) is 0 Å². The highest BCUT2D eigenvalue weighted by Gasteiger charge is 2.23. The molecule has 2 N–H and O–H groups in total. The minimum atomic E-state index is -0.374. The largest absolute Gasteiger partial charge is 0.388 e. The van der Waals surface area contributed by atoms with Crippen molar-refractivity contribution in [1.29, 1.82) is 0 Å². The van der Waals surface area contributed by atoms with Gasteiger partial charge in [0.15, 0.2) is 0 Å². The Bertz CT molecular complexity index is 452. The summed E-state index contributed by atoms with van der Waals surface area (Å²) in [7, 11) is 0. The Morgan fingerprint density at radius 1 is 1.41 bits per heavy atom. The molecule has 1 unspecified atom stereocenters. The first kappa shape index (κ1) is 10.8. The van der Waals surface area contributed by atoms with Crippen LogP contribution in [-0.4, -0.2) is 11.0 Å². The van der Waals surface area contributed by atoms with E-state index in [1.807, 2.05) is 18.2 Å². The number of fused-ring (bicyclic) bond motifs is 1. The average Bonchev–Trinajstić information content (AvgIpc) is 2.62. The second kappa shape index (κ2) is 4.15. The van der Waals surface area contributed by atoms with Crippen molar-refractivity contribution in [3.63, 3.8) is 0 Å². The van der Waals surface area contributed by atoms with Gasteiger partial charge in [-0.05, 0) is 29.5 Å². The Hall–Kier alpha value is -1.35. The molecule has 1 atom stereocenters. The maximum Gasteiger partial charge on any atom is 0.228 e. The van der Waals surface area contributed by atoms with Crippen molar-refractivity contribution in [3.8, 4) is 0 Å². The molecule has 3 rings (SSSR count). The minimum absolute atomic E-state index is 0.0469. The Kier molecular flexibility index (Phi) is 2.63. The summed E-state index contributed by atoms with van der Waals surface area (Å²) in [6, 6.07) is 5.80. The first-order valence-electron chi connectivity index (χ1n) is 6.33. The van der Waals surface area contributed by atoms with Crippen molar-refractivity contribution in [2.75, 3.05) is 5.32 Å². The Labute approximate surface area is 101 Å². The van der Waals surface area contributed by atoms with Crippen LogP contribution in [0.1, 0.15) is 42.9 Å². The van der Waals surface area contributed by atoms with Crippen LogP contribution >= 0.6 is 0 Å². The number of nitrogens with one attached hydrogen (secondary N) is 1. The van der Waals surface area contributed by atoms with Gasteiger partial charge in [-0.15, -0.1) is 0 Å². The lowest BCUT2D eigenvalue weighted by Gasteiger charge is -2.27. The van der Waals surface area contributed by atoms with Crippen molar-refractivity contribution in [3.05, 3.63) is 29.3 Å². The summed E-state index contributed by atoms with van der Waals surface area (Å²) in [5, 5.41) is 13.0. The van der Waals surface area contributed by atoms with Crippen LogP contribution in [0, 0.1) is 5.92 Å². The molecule has 1 aromatic carbocycles. The number of hydrogen-bond acceptors (Lipinski definition) is 2. The Balaban J connectivity index is 1.74. The second-order valence-electron chi connectivity index (χ2n) is 5.19. The lowest BCUT2D eigenvalue weighted by atomic mass is 9.80. The zero-order valence-corrected chi connectivity index (χ0v) is 9.78. The fraction of sp³-hybridized carbons (Fsp3) is 0.500. The average molecular weight is 231 g/mol. The van der Waals surface area contributed by atoms with E-state index in [-0.39, 0.29) is 12.0 Å². The van der Waals surface area contributed by atoms with Gasteiger partial charge in [-0.25, -0.2) is 0 Å². The first-order chi connectivity index (χ1) is 8.22. The molecule has 1 heterocycles. The van der Waals surface area contributed by atoms with E-state index in [0.29, 0.717) is 12.3 Å². The molecule has 1 fully saturated rings. The van der Waals surface area contributed by atoms with Crippen molar-refractivity contribution < 1.29 is 9.90 Å². The number of carbonyl (C=O) groups is 1. The molecule has 1 aromatic rings. The Morgan fingerprint density at radius 2 is 2.24 bits per heavy atom. The molecule has 0 spiro atoms. The maximum absolute atomic E-state index is 11.2. The molecule has 3 nitrogen and oxygen atoms in total. The molecule has 0 saturated heterocycles. The standard InChI is InChI=1S/C14H17NO2/c16-13(6-9-2-1-3-9)10-4-5-12-11(7-10)8-14(17)15-12/h4-5,7,9,13,16H,1-3,6,8H2,(H,15,17). The summed E-state index contributed by atoms with van der Waals surface area (Å²) in [6.45, 7) is 0. The third kappa shape index (κ3) is 2.07. The van der Waals surface area contributed by atoms with Crippen LogP contribution in [0.15, 0.2) is 18.2 Å². The smallest absolute Gasteiger partial charge is 0.228 e. The highest BCUT2D eigenvalue weighted by Crippen LogP contribution is 2.35. The third-order valence-corrected chi connectivity index (χ3v) is 3.92. The summed E-state index contributed by atoms with van der Waals surface area (Å²) in [4.78, 5) is 11.2. The van der Waals surface area contributed by atoms with E-state index in [1.165, 1.54) is 19.3 Å². The molecule has 17 heavy (non-hydrogen) atoms. The van der Waals surface area contributed by atoms with Crippen LogP contribution in [0.2, 0.25) is 0 Å². The SMILES string of the molecule is O=C1Cc2cc(C(O)CC3CCC3)ccc2N1. The van der Waals surface area contributed by atoms with E-state index in [0.717, 1.165) is 23.2 Å². The van der Waals surface area contributed by atoms with E-state index in [1.54, 1.807) is 0 Å². The van der Waals surface area contributed by atoms with E-state index in [9.17, 15) is 9.90 Å². The number of hydrogen-bond donors (Lipinski definition) is 2. The molecule has 1 aliphatic heterocycles. The molecular formula is C14H17NO2. The zero-order chi connectivity index (χ0) is 11.8. The molecule has 1 aliphatic carbocycles. The lowest BCUT2D eigenvalue weighted by molar-refractivity contribution is -0.115. The van der Waals surface area contributed by atoms with Gasteiger partial charge in [0.25, 0.3) is 0 Å². The molecule has 0 radical (unpaired) electrons. The maximum atomic E-state index is 11.2. The highest BCUT2D eigenvalue weighted by atomic mass is 16.3. The molecule has 1 amide bonds. The zero-order valence-electron chi connectivity index (χ0n) is 9.78. The van der Waals surface area contributed by atoms with Crippen LogP contribution in [0.25, 0.3) is 0 Å². The molecule has 90 valence electrons. The topological polar surface area (TPSA) is 49.3 Å². The summed E-state index contributed by atoms with van der Waals surface area (Å²) in [6.07, 6.45) is 4.74. The molecular weight excluding hydrogens is 214 g/mol. The van der Waals surface area contributed by atoms with E-state index >= 15 is 0 Å². The van der Waals surface area contributed by atoms with Crippen molar-refractivity contribution >= 4 is 11.6 Å². The summed E-state index contributed by atoms with van der Waals surface area (Å²) in [5.74, 6) is 0.739. The summed E-state index contributed by atoms with van der Waals surface area (Å²) >= 11 is 0. The first-order valence-corrected chi connectivity index (χ1v) is 6.33. The van der Waals surface area contributed by atoms with E-state index in [4.69, 9.17) is 0 Å². The molecule has 1 saturated carbocycles. The van der Waals surface area contributed by atoms with Crippen molar-refractivity contribution in [2.45, 2.75) is 38.2 Å². The van der Waals surface area contributed by atoms with Crippen LogP contribution < -0.4 is 5.32 Å². The van der Waals surface area contributed by atoms with Crippen molar-refractivity contribution in [1.82, 2.24) is 0 Å². The van der Waals surface area contributed by atoms with Crippen LogP contribution in [-0.2, 0) is 11.2 Å². The highest BCUT2D eigenvalue weighted by molar-refractivity contribution is 5.99. The van der Waals surface area contributed by atoms with Crippen molar-refractivity contribution in [2.24, 2.45) is 5.92 Å². The predicted molar refractivity (Wildman–Crippen MR) is 65.7 cm³/mol. The fourth-order valence-electron chi connectivity index (χ4n) is 2.64. The number of amides is 1. The molecule has 0 aromatic heterocycles. The number of benzene rings is 1. The van der Waals surface area contributed by atoms with Gasteiger partial charge < -0.3 is 10.4 Å². The number of aliphatic hydroxyl groups excluding tert-OH is 1. The van der Waals surface area contributed by atoms with Gasteiger partial charge in [0, 0.05) is 5.69 Å². The second-order valence-corrected chi connectivity index (χ2v) is 5.19. The van der Waals surface area contributed by atoms with Gasteiger partial charge >= 0.3 is 0 Å². The van der Waals surface area contributed by atoms with Crippen LogP contribution in [0.5, 0.6) is 0 Å². The van der Waals surface area contributed by atoms with Crippen LogP contribution in [0.3, 0.4) is 0 Å². The minimum Gasteiger partial charge on any atom is -0.388 e. The lowest BCUT2D eigenvalue weighted by Crippen LogP contribution is -2.14. The van der Waals surface area contributed by atoms with Gasteiger partial charge in [-0.1, -0.05) is 31.4 Å².